The third kappa shape index (κ3) is 6.28. The Balaban J connectivity index is 0.000000640. The number of ether oxygens (including phenoxy) is 4. The standard InChI is InChI=1S/C26H35N3O6.CHF3S.2H2O/c27-13-19-17(5-3-8-25(19)7-1-2-9-26(25)34-11-12-35-26)20(30)22-28-21-18(23(31)29-22)14-33-16-24(21)6-4-10-32-15-24;2-1(3,4)5;;/h13,19,27,30H,1-12,14-16H2,(H,28,29,31);5H;2*1H2/b20-17-,27-13?;;;/t19-,24-,25+;;;/m1.../s1. The van der Waals surface area contributed by atoms with Gasteiger partial charge in [-0.2, -0.15) is 13.2 Å². The summed E-state index contributed by atoms with van der Waals surface area (Å²) in [6.45, 7) is 2.93. The highest BCUT2D eigenvalue weighted by Crippen LogP contribution is 2.60. The van der Waals surface area contributed by atoms with Crippen LogP contribution in [0.15, 0.2) is 10.4 Å². The fourth-order valence-corrected chi connectivity index (χ4v) is 7.50. The smallest absolute Gasteiger partial charge is 0.438 e. The lowest BCUT2D eigenvalue weighted by atomic mass is 9.55. The molecule has 1 aromatic heterocycles. The number of nitrogens with zero attached hydrogens (tertiary/aromatic N) is 1. The third-order valence-electron chi connectivity index (χ3n) is 9.09. The number of nitrogens with one attached hydrogen (secondary N) is 2. The number of fused-ring (bicyclic) bond motifs is 3. The van der Waals surface area contributed by atoms with Gasteiger partial charge < -0.3 is 45.4 Å². The molecule has 11 nitrogen and oxygen atoms in total. The predicted molar refractivity (Wildman–Crippen MR) is 150 cm³/mol. The molecule has 0 radical (unpaired) electrons. The maximum Gasteiger partial charge on any atom is 0.438 e. The Morgan fingerprint density at radius 1 is 1.02 bits per heavy atom. The van der Waals surface area contributed by atoms with E-state index in [2.05, 4.69) is 17.6 Å². The van der Waals surface area contributed by atoms with Crippen molar-refractivity contribution in [1.82, 2.24) is 9.97 Å². The Morgan fingerprint density at radius 2 is 1.67 bits per heavy atom. The number of aliphatic hydroxyl groups is 1. The molecule has 0 bridgehead atoms. The largest absolute Gasteiger partial charge is 0.504 e. The minimum Gasteiger partial charge on any atom is -0.504 e. The fourth-order valence-electron chi connectivity index (χ4n) is 7.50. The molecule has 0 unspecified atom stereocenters. The van der Waals surface area contributed by atoms with Gasteiger partial charge in [-0.15, -0.1) is 0 Å². The van der Waals surface area contributed by atoms with Crippen molar-refractivity contribution in [3.63, 3.8) is 0 Å². The van der Waals surface area contributed by atoms with Crippen LogP contribution in [0, 0.1) is 16.7 Å². The second kappa shape index (κ2) is 13.3. The molecule has 15 heteroatoms. The van der Waals surface area contributed by atoms with Crippen LogP contribution in [0.4, 0.5) is 13.2 Å². The van der Waals surface area contributed by atoms with E-state index in [4.69, 9.17) is 29.3 Å². The molecule has 3 aliphatic heterocycles. The van der Waals surface area contributed by atoms with Crippen LogP contribution >= 0.6 is 12.6 Å². The molecule has 0 amide bonds. The zero-order chi connectivity index (χ0) is 28.6. The summed E-state index contributed by atoms with van der Waals surface area (Å²) in [5.74, 6) is -0.893. The van der Waals surface area contributed by atoms with E-state index in [1.54, 1.807) is 0 Å². The summed E-state index contributed by atoms with van der Waals surface area (Å²) >= 11 is 2.12. The van der Waals surface area contributed by atoms with E-state index in [0.29, 0.717) is 50.7 Å². The van der Waals surface area contributed by atoms with Gasteiger partial charge in [0.05, 0.1) is 49.7 Å². The zero-order valence-corrected chi connectivity index (χ0v) is 24.2. The molecule has 7 N–H and O–H groups in total. The molecule has 238 valence electrons. The quantitative estimate of drug-likeness (QED) is 0.221. The number of rotatable bonds is 2. The van der Waals surface area contributed by atoms with Gasteiger partial charge in [0.1, 0.15) is 0 Å². The Morgan fingerprint density at radius 3 is 2.31 bits per heavy atom. The van der Waals surface area contributed by atoms with Crippen LogP contribution in [0.5, 0.6) is 0 Å². The first-order chi connectivity index (χ1) is 19.0. The molecule has 0 aromatic carbocycles. The van der Waals surface area contributed by atoms with E-state index in [9.17, 15) is 23.1 Å². The number of aromatic amines is 1. The lowest BCUT2D eigenvalue weighted by Crippen LogP contribution is -2.57. The summed E-state index contributed by atoms with van der Waals surface area (Å²) in [5.41, 5.74) is -3.50. The molecule has 6 rings (SSSR count). The van der Waals surface area contributed by atoms with Crippen molar-refractivity contribution in [2.24, 2.45) is 11.3 Å². The molecular formula is C27H40F3N3O8S. The van der Waals surface area contributed by atoms with E-state index in [-0.39, 0.29) is 40.6 Å². The highest BCUT2D eigenvalue weighted by molar-refractivity contribution is 7.81. The Kier molecular flexibility index (Phi) is 10.9. The Labute approximate surface area is 246 Å². The van der Waals surface area contributed by atoms with Crippen LogP contribution < -0.4 is 5.56 Å². The van der Waals surface area contributed by atoms with Crippen LogP contribution in [-0.4, -0.2) is 76.6 Å². The fraction of sp³-hybridized carbons (Fsp3) is 0.741. The summed E-state index contributed by atoms with van der Waals surface area (Å²) < 4.78 is 54.8. The number of hydrogen-bond donors (Lipinski definition) is 4. The summed E-state index contributed by atoms with van der Waals surface area (Å²) in [4.78, 5) is 20.8. The molecule has 2 aliphatic carbocycles. The van der Waals surface area contributed by atoms with Crippen LogP contribution in [0.1, 0.15) is 74.9 Å². The molecule has 5 aliphatic rings. The van der Waals surface area contributed by atoms with Gasteiger partial charge in [-0.1, -0.05) is 19.0 Å². The maximum absolute atomic E-state index is 13.1. The molecule has 1 aromatic rings. The first kappa shape index (κ1) is 34.5. The van der Waals surface area contributed by atoms with Gasteiger partial charge in [-0.25, -0.2) is 4.98 Å². The van der Waals surface area contributed by atoms with E-state index in [1.807, 2.05) is 0 Å². The SMILES string of the molecule is FC(F)(F)S.N=C[C@@H]1/C(=C(\O)c2nc3c(c(=O)[nH]2)COC[C@]32CCCOC2)CCC[C@@]12CCCCC21OCCO1.O.O. The van der Waals surface area contributed by atoms with E-state index in [1.165, 1.54) is 6.21 Å². The Bertz CT molecular complexity index is 1190. The van der Waals surface area contributed by atoms with Gasteiger partial charge in [-0.05, 0) is 50.5 Å². The van der Waals surface area contributed by atoms with Gasteiger partial charge in [0.25, 0.3) is 5.56 Å². The second-order valence-electron chi connectivity index (χ2n) is 11.3. The van der Waals surface area contributed by atoms with E-state index < -0.39 is 22.1 Å². The predicted octanol–water partition coefficient (Wildman–Crippen LogP) is 3.16. The molecular weight excluding hydrogens is 583 g/mol. The van der Waals surface area contributed by atoms with E-state index in [0.717, 1.165) is 56.9 Å². The summed E-state index contributed by atoms with van der Waals surface area (Å²) in [6, 6.07) is 0. The van der Waals surface area contributed by atoms with Gasteiger partial charge in [-0.3, -0.25) is 4.79 Å². The van der Waals surface area contributed by atoms with Crippen molar-refractivity contribution in [2.75, 3.05) is 33.0 Å². The molecule has 3 spiro atoms. The van der Waals surface area contributed by atoms with Crippen LogP contribution in [0.2, 0.25) is 0 Å². The maximum atomic E-state index is 13.1. The first-order valence-electron chi connectivity index (χ1n) is 13.8. The average Bonchev–Trinajstić information content (AvgIpc) is 3.40. The van der Waals surface area contributed by atoms with Crippen LogP contribution in [-0.2, 0) is 31.0 Å². The normalized spacial score (nSPS) is 31.3. The molecule has 42 heavy (non-hydrogen) atoms. The number of aliphatic hydroxyl groups excluding tert-OH is 1. The first-order valence-corrected chi connectivity index (χ1v) is 14.3. The van der Waals surface area contributed by atoms with Crippen molar-refractivity contribution in [2.45, 2.75) is 81.1 Å². The van der Waals surface area contributed by atoms with E-state index >= 15 is 0 Å². The van der Waals surface area contributed by atoms with Gasteiger partial charge in [0, 0.05) is 30.6 Å². The van der Waals surface area contributed by atoms with Gasteiger partial charge >= 0.3 is 5.51 Å². The minimum absolute atomic E-state index is 0. The third-order valence-corrected chi connectivity index (χ3v) is 9.09. The summed E-state index contributed by atoms with van der Waals surface area (Å²) in [5, 5.41) is 20.0. The number of H-pyrrole nitrogens is 1. The number of aromatic nitrogens is 2. The average molecular weight is 624 g/mol. The minimum atomic E-state index is -4.31. The van der Waals surface area contributed by atoms with Crippen molar-refractivity contribution < 1.29 is 48.2 Å². The number of halogens is 3. The number of hydrogen-bond acceptors (Lipinski definition) is 9. The van der Waals surface area contributed by atoms with Crippen LogP contribution in [0.3, 0.4) is 0 Å². The highest BCUT2D eigenvalue weighted by atomic mass is 32.1. The van der Waals surface area contributed by atoms with Crippen molar-refractivity contribution in [1.29, 1.82) is 5.41 Å². The topological polar surface area (TPSA) is 190 Å². The molecule has 2 saturated heterocycles. The number of alkyl halides is 3. The van der Waals surface area contributed by atoms with Gasteiger partial charge in [0.15, 0.2) is 17.4 Å². The summed E-state index contributed by atoms with van der Waals surface area (Å²) in [7, 11) is 0. The lowest BCUT2D eigenvalue weighted by Gasteiger charge is -2.55. The Hall–Kier alpha value is -2.01. The molecule has 2 saturated carbocycles. The van der Waals surface area contributed by atoms with Crippen molar-refractivity contribution >= 4 is 24.6 Å². The zero-order valence-electron chi connectivity index (χ0n) is 23.3. The monoisotopic (exact) mass is 623 g/mol. The number of allylic oxidation sites excluding steroid dienone is 1. The second-order valence-corrected chi connectivity index (χ2v) is 11.8. The molecule has 3 atom stereocenters. The molecule has 4 heterocycles. The number of thiol groups is 1. The van der Waals surface area contributed by atoms with Crippen LogP contribution in [0.25, 0.3) is 5.76 Å². The molecule has 4 fully saturated rings. The van der Waals surface area contributed by atoms with Gasteiger partial charge in [0.2, 0.25) is 0 Å². The van der Waals surface area contributed by atoms with Crippen molar-refractivity contribution in [3.8, 4) is 0 Å². The van der Waals surface area contributed by atoms with Crippen molar-refractivity contribution in [3.05, 3.63) is 33.0 Å². The lowest BCUT2D eigenvalue weighted by molar-refractivity contribution is -0.268. The highest BCUT2D eigenvalue weighted by Gasteiger charge is 2.61. The summed E-state index contributed by atoms with van der Waals surface area (Å²) in [6.07, 6.45) is 9.31.